The first-order valence-electron chi connectivity index (χ1n) is 15.2. The molecule has 2 aromatic heterocycles. The first-order valence-corrected chi connectivity index (χ1v) is 15.6. The van der Waals surface area contributed by atoms with Gasteiger partial charge in [0.15, 0.2) is 17.5 Å². The molecule has 0 spiro atoms. The van der Waals surface area contributed by atoms with E-state index in [0.717, 1.165) is 44.2 Å². The number of hydrogen-bond acceptors (Lipinski definition) is 3. The van der Waals surface area contributed by atoms with Crippen molar-refractivity contribution in [2.75, 3.05) is 0 Å². The number of fused-ring (bicyclic) bond motifs is 7. The highest BCUT2D eigenvalue weighted by atomic mass is 35.5. The third kappa shape index (κ3) is 4.26. The Balaban J connectivity index is 1.43. The number of benzene rings is 7. The molecule has 0 aliphatic rings. The molecule has 46 heavy (non-hydrogen) atoms. The normalized spacial score (nSPS) is 11.6. The van der Waals surface area contributed by atoms with Crippen LogP contribution in [0.4, 0.5) is 0 Å². The summed E-state index contributed by atoms with van der Waals surface area (Å²) in [7, 11) is 0. The van der Waals surface area contributed by atoms with E-state index in [0.29, 0.717) is 22.5 Å². The highest BCUT2D eigenvalue weighted by molar-refractivity contribution is 6.31. The average Bonchev–Trinajstić information content (AvgIpc) is 3.47. The lowest BCUT2D eigenvalue weighted by atomic mass is 9.96. The molecule has 0 saturated carbocycles. The third-order valence-electron chi connectivity index (χ3n) is 8.69. The molecular formula is C41H25ClN4. The summed E-state index contributed by atoms with van der Waals surface area (Å²) < 4.78 is 2.37. The van der Waals surface area contributed by atoms with Crippen LogP contribution in [-0.4, -0.2) is 19.5 Å². The Morgan fingerprint density at radius 3 is 1.74 bits per heavy atom. The topological polar surface area (TPSA) is 43.6 Å². The lowest BCUT2D eigenvalue weighted by Gasteiger charge is -2.13. The number of hydrogen-bond donors (Lipinski definition) is 0. The molecule has 4 nitrogen and oxygen atoms in total. The Hall–Kier alpha value is -5.84. The van der Waals surface area contributed by atoms with Gasteiger partial charge in [-0.25, -0.2) is 15.0 Å². The molecule has 0 N–H and O–H groups in total. The molecule has 5 heteroatoms. The van der Waals surface area contributed by atoms with Crippen molar-refractivity contribution in [3.63, 3.8) is 0 Å². The van der Waals surface area contributed by atoms with E-state index in [4.69, 9.17) is 26.6 Å². The molecule has 0 aliphatic carbocycles. The van der Waals surface area contributed by atoms with E-state index in [1.165, 1.54) is 21.5 Å². The van der Waals surface area contributed by atoms with Gasteiger partial charge in [-0.1, -0.05) is 115 Å². The second-order valence-corrected chi connectivity index (χ2v) is 11.8. The number of aromatic nitrogens is 4. The molecule has 216 valence electrons. The van der Waals surface area contributed by atoms with Crippen LogP contribution in [0.15, 0.2) is 152 Å². The fraction of sp³-hybridized carbons (Fsp3) is 0. The van der Waals surface area contributed by atoms with Gasteiger partial charge in [-0.15, -0.1) is 0 Å². The zero-order valence-electron chi connectivity index (χ0n) is 24.6. The van der Waals surface area contributed by atoms with E-state index in [2.05, 4.69) is 102 Å². The zero-order valence-corrected chi connectivity index (χ0v) is 25.4. The van der Waals surface area contributed by atoms with Gasteiger partial charge in [0.25, 0.3) is 0 Å². The Morgan fingerprint density at radius 1 is 0.435 bits per heavy atom. The second-order valence-electron chi connectivity index (χ2n) is 11.4. The fourth-order valence-electron chi connectivity index (χ4n) is 6.62. The minimum absolute atomic E-state index is 0.597. The van der Waals surface area contributed by atoms with E-state index in [1.54, 1.807) is 0 Å². The van der Waals surface area contributed by atoms with Crippen LogP contribution in [0.25, 0.3) is 83.2 Å². The summed E-state index contributed by atoms with van der Waals surface area (Å²) in [5, 5.41) is 7.80. The minimum atomic E-state index is 0.597. The molecule has 9 rings (SSSR count). The van der Waals surface area contributed by atoms with Crippen LogP contribution in [0.2, 0.25) is 5.02 Å². The van der Waals surface area contributed by atoms with Gasteiger partial charge in [0.05, 0.1) is 11.0 Å². The first kappa shape index (κ1) is 26.6. The molecular weight excluding hydrogens is 584 g/mol. The quantitative estimate of drug-likeness (QED) is 0.200. The molecule has 0 aliphatic heterocycles. The van der Waals surface area contributed by atoms with Gasteiger partial charge in [-0.05, 0) is 70.1 Å². The predicted molar refractivity (Wildman–Crippen MR) is 190 cm³/mol. The lowest BCUT2D eigenvalue weighted by Crippen LogP contribution is -2.01. The third-order valence-corrected chi connectivity index (χ3v) is 8.94. The van der Waals surface area contributed by atoms with Crippen LogP contribution in [-0.2, 0) is 0 Å². The molecule has 0 saturated heterocycles. The first-order chi connectivity index (χ1) is 22.7. The average molecular weight is 609 g/mol. The van der Waals surface area contributed by atoms with Gasteiger partial charge in [0.2, 0.25) is 0 Å². The van der Waals surface area contributed by atoms with Crippen LogP contribution < -0.4 is 0 Å². The Morgan fingerprint density at radius 2 is 1.00 bits per heavy atom. The smallest absolute Gasteiger partial charge is 0.164 e. The summed E-state index contributed by atoms with van der Waals surface area (Å²) in [6.45, 7) is 0. The molecule has 0 fully saturated rings. The van der Waals surface area contributed by atoms with E-state index in [1.807, 2.05) is 54.6 Å². The summed E-state index contributed by atoms with van der Waals surface area (Å²) >= 11 is 6.25. The highest BCUT2D eigenvalue weighted by Gasteiger charge is 2.21. The SMILES string of the molecule is Clc1ccc(-c2nc(-c3ccccc3)nc(-c3cc4c(c5ccccc35)c3c5ccccc5ccc3n4-c3ccccc3)n2)cc1. The van der Waals surface area contributed by atoms with Crippen molar-refractivity contribution in [2.45, 2.75) is 0 Å². The maximum Gasteiger partial charge on any atom is 0.164 e. The molecule has 0 amide bonds. The van der Waals surface area contributed by atoms with Gasteiger partial charge < -0.3 is 4.57 Å². The summed E-state index contributed by atoms with van der Waals surface area (Å²) in [5.74, 6) is 1.83. The largest absolute Gasteiger partial charge is 0.309 e. The molecule has 0 radical (unpaired) electrons. The van der Waals surface area contributed by atoms with Gasteiger partial charge in [-0.2, -0.15) is 0 Å². The number of para-hydroxylation sites is 1. The zero-order chi connectivity index (χ0) is 30.6. The maximum atomic E-state index is 6.25. The summed E-state index contributed by atoms with van der Waals surface area (Å²) in [6.07, 6.45) is 0. The van der Waals surface area contributed by atoms with Crippen LogP contribution in [0.1, 0.15) is 0 Å². The summed E-state index contributed by atoms with van der Waals surface area (Å²) in [4.78, 5) is 15.2. The highest BCUT2D eigenvalue weighted by Crippen LogP contribution is 2.43. The van der Waals surface area contributed by atoms with Crippen molar-refractivity contribution in [1.29, 1.82) is 0 Å². The van der Waals surface area contributed by atoms with Crippen molar-refractivity contribution in [3.8, 4) is 39.9 Å². The molecule has 9 aromatic rings. The van der Waals surface area contributed by atoms with Crippen molar-refractivity contribution in [1.82, 2.24) is 19.5 Å². The molecule has 0 bridgehead atoms. The lowest BCUT2D eigenvalue weighted by molar-refractivity contribution is 1.08. The van der Waals surface area contributed by atoms with Crippen molar-refractivity contribution in [2.24, 2.45) is 0 Å². The summed E-state index contributed by atoms with van der Waals surface area (Å²) in [6, 6.07) is 52.2. The van der Waals surface area contributed by atoms with Gasteiger partial charge in [0, 0.05) is 38.2 Å². The molecule has 0 atom stereocenters. The Kier molecular flexibility index (Phi) is 6.15. The predicted octanol–water partition coefficient (Wildman–Crippen LogP) is 10.9. The van der Waals surface area contributed by atoms with Gasteiger partial charge >= 0.3 is 0 Å². The second kappa shape index (κ2) is 10.7. The van der Waals surface area contributed by atoms with Crippen molar-refractivity contribution < 1.29 is 0 Å². The van der Waals surface area contributed by atoms with E-state index in [9.17, 15) is 0 Å². The van der Waals surface area contributed by atoms with E-state index < -0.39 is 0 Å². The number of halogens is 1. The maximum absolute atomic E-state index is 6.25. The van der Waals surface area contributed by atoms with Crippen LogP contribution >= 0.6 is 11.6 Å². The van der Waals surface area contributed by atoms with Gasteiger partial charge in [0.1, 0.15) is 0 Å². The standard InChI is InChI=1S/C41H25ClN4/c42-29-22-19-28(20-23-29)40-43-39(27-12-3-1-4-13-27)44-41(45-40)34-25-36-38(33-18-10-9-17-32(33)34)37-31-16-8-7-11-26(31)21-24-35(37)46(36)30-14-5-2-6-15-30/h1-25H. The van der Waals surface area contributed by atoms with Crippen molar-refractivity contribution in [3.05, 3.63) is 157 Å². The molecule has 2 heterocycles. The molecule has 0 unspecified atom stereocenters. The monoisotopic (exact) mass is 608 g/mol. The number of rotatable bonds is 4. The van der Waals surface area contributed by atoms with Crippen LogP contribution in [0, 0.1) is 0 Å². The van der Waals surface area contributed by atoms with Crippen LogP contribution in [0.5, 0.6) is 0 Å². The van der Waals surface area contributed by atoms with E-state index in [-0.39, 0.29) is 0 Å². The minimum Gasteiger partial charge on any atom is -0.309 e. The fourth-order valence-corrected chi connectivity index (χ4v) is 6.75. The summed E-state index contributed by atoms with van der Waals surface area (Å²) in [5.41, 5.74) is 6.10. The Labute approximate surface area is 270 Å². The van der Waals surface area contributed by atoms with Crippen LogP contribution in [0.3, 0.4) is 0 Å². The van der Waals surface area contributed by atoms with Gasteiger partial charge in [-0.3, -0.25) is 0 Å². The van der Waals surface area contributed by atoms with Crippen molar-refractivity contribution >= 4 is 55.0 Å². The molecule has 7 aromatic carbocycles. The Bertz CT molecular complexity index is 2570. The number of nitrogens with zero attached hydrogens (tertiary/aromatic N) is 4. The van der Waals surface area contributed by atoms with E-state index >= 15 is 0 Å².